The van der Waals surface area contributed by atoms with E-state index in [1.54, 1.807) is 11.3 Å². The van der Waals surface area contributed by atoms with Gasteiger partial charge in [-0.1, -0.05) is 12.5 Å². The highest BCUT2D eigenvalue weighted by Gasteiger charge is 2.39. The van der Waals surface area contributed by atoms with Gasteiger partial charge in [0.2, 0.25) is 5.91 Å². The Hall–Kier alpha value is -0.870. The third-order valence-electron chi connectivity index (χ3n) is 4.56. The summed E-state index contributed by atoms with van der Waals surface area (Å²) in [6.45, 7) is 0.819. The molecular formula is C14H20N2OS. The maximum atomic E-state index is 12.0. The molecule has 4 heteroatoms. The summed E-state index contributed by atoms with van der Waals surface area (Å²) < 4.78 is 0. The first-order valence-electron chi connectivity index (χ1n) is 6.80. The molecule has 2 saturated carbocycles. The lowest BCUT2D eigenvalue weighted by Crippen LogP contribution is -2.37. The van der Waals surface area contributed by atoms with Crippen molar-refractivity contribution in [3.8, 4) is 0 Å². The summed E-state index contributed by atoms with van der Waals surface area (Å²) in [5.74, 6) is 2.46. The van der Waals surface area contributed by atoms with Crippen LogP contribution >= 0.6 is 11.3 Å². The second kappa shape index (κ2) is 5.02. The normalized spacial score (nSPS) is 31.5. The third-order valence-corrected chi connectivity index (χ3v) is 5.51. The number of thiophene rings is 1. The molecule has 0 saturated heterocycles. The van der Waals surface area contributed by atoms with Crippen molar-refractivity contribution in [2.24, 2.45) is 23.5 Å². The zero-order valence-corrected chi connectivity index (χ0v) is 11.3. The fourth-order valence-electron chi connectivity index (χ4n) is 3.57. The van der Waals surface area contributed by atoms with Gasteiger partial charge in [0.05, 0.1) is 0 Å². The SMILES string of the molecule is NC(C(=O)NCC1CC2CCC1C2)c1cccs1. The van der Waals surface area contributed by atoms with Crippen molar-refractivity contribution >= 4 is 17.2 Å². The Bertz CT molecular complexity index is 417. The summed E-state index contributed by atoms with van der Waals surface area (Å²) in [6, 6.07) is 3.36. The lowest BCUT2D eigenvalue weighted by Gasteiger charge is -2.22. The molecule has 2 fully saturated rings. The molecule has 1 amide bonds. The maximum Gasteiger partial charge on any atom is 0.242 e. The van der Waals surface area contributed by atoms with Crippen LogP contribution in [0, 0.1) is 17.8 Å². The average molecular weight is 264 g/mol. The second-order valence-corrected chi connectivity index (χ2v) is 6.65. The second-order valence-electron chi connectivity index (χ2n) is 5.67. The highest BCUT2D eigenvalue weighted by atomic mass is 32.1. The summed E-state index contributed by atoms with van der Waals surface area (Å²) in [4.78, 5) is 12.9. The van der Waals surface area contributed by atoms with Gasteiger partial charge >= 0.3 is 0 Å². The van der Waals surface area contributed by atoms with E-state index in [0.717, 1.165) is 23.3 Å². The molecule has 3 nitrogen and oxygen atoms in total. The predicted molar refractivity (Wildman–Crippen MR) is 73.2 cm³/mol. The van der Waals surface area contributed by atoms with Crippen LogP contribution < -0.4 is 11.1 Å². The fourth-order valence-corrected chi connectivity index (χ4v) is 4.29. The Balaban J connectivity index is 1.50. The van der Waals surface area contributed by atoms with E-state index in [2.05, 4.69) is 5.32 Å². The number of carbonyl (C=O) groups excluding carboxylic acids is 1. The number of nitrogens with one attached hydrogen (secondary N) is 1. The number of hydrogen-bond donors (Lipinski definition) is 2. The molecular weight excluding hydrogens is 244 g/mol. The van der Waals surface area contributed by atoms with E-state index in [0.29, 0.717) is 5.92 Å². The van der Waals surface area contributed by atoms with Gasteiger partial charge in [0.1, 0.15) is 6.04 Å². The highest BCUT2D eigenvalue weighted by Crippen LogP contribution is 2.47. The number of hydrogen-bond acceptors (Lipinski definition) is 3. The van der Waals surface area contributed by atoms with Crippen molar-refractivity contribution in [3.05, 3.63) is 22.4 Å². The van der Waals surface area contributed by atoms with Crippen molar-refractivity contribution in [3.63, 3.8) is 0 Å². The smallest absolute Gasteiger partial charge is 0.242 e. The molecule has 2 bridgehead atoms. The molecule has 4 atom stereocenters. The van der Waals surface area contributed by atoms with Crippen LogP contribution in [0.2, 0.25) is 0 Å². The van der Waals surface area contributed by atoms with E-state index in [1.165, 1.54) is 25.7 Å². The molecule has 3 N–H and O–H groups in total. The van der Waals surface area contributed by atoms with Crippen LogP contribution in [-0.4, -0.2) is 12.5 Å². The zero-order valence-electron chi connectivity index (χ0n) is 10.5. The van der Waals surface area contributed by atoms with E-state index in [9.17, 15) is 4.79 Å². The summed E-state index contributed by atoms with van der Waals surface area (Å²) in [6.07, 6.45) is 5.46. The first-order chi connectivity index (χ1) is 8.74. The lowest BCUT2D eigenvalue weighted by molar-refractivity contribution is -0.122. The molecule has 4 unspecified atom stereocenters. The monoisotopic (exact) mass is 264 g/mol. The van der Waals surface area contributed by atoms with Gasteiger partial charge in [-0.15, -0.1) is 11.3 Å². The Morgan fingerprint density at radius 1 is 1.50 bits per heavy atom. The Morgan fingerprint density at radius 3 is 3.00 bits per heavy atom. The maximum absolute atomic E-state index is 12.0. The summed E-state index contributed by atoms with van der Waals surface area (Å²) in [5.41, 5.74) is 5.94. The van der Waals surface area contributed by atoms with Crippen LogP contribution in [0.1, 0.15) is 36.6 Å². The minimum atomic E-state index is -0.497. The number of amides is 1. The highest BCUT2D eigenvalue weighted by molar-refractivity contribution is 7.10. The van der Waals surface area contributed by atoms with Gasteiger partial charge in [0.25, 0.3) is 0 Å². The standard InChI is InChI=1S/C14H20N2OS/c15-13(12-2-1-5-18-12)14(17)16-8-11-7-9-3-4-10(11)6-9/h1-2,5,9-11,13H,3-4,6-8,15H2,(H,16,17). The largest absolute Gasteiger partial charge is 0.354 e. The lowest BCUT2D eigenvalue weighted by atomic mass is 9.89. The zero-order chi connectivity index (χ0) is 12.5. The van der Waals surface area contributed by atoms with Gasteiger partial charge in [-0.25, -0.2) is 0 Å². The minimum absolute atomic E-state index is 0.0276. The van der Waals surface area contributed by atoms with Gasteiger partial charge in [-0.05, 0) is 48.5 Å². The summed E-state index contributed by atoms with van der Waals surface area (Å²) in [5, 5.41) is 5.00. The van der Waals surface area contributed by atoms with Crippen molar-refractivity contribution in [2.45, 2.75) is 31.7 Å². The van der Waals surface area contributed by atoms with Gasteiger partial charge in [0.15, 0.2) is 0 Å². The molecule has 0 spiro atoms. The molecule has 2 aliphatic rings. The van der Waals surface area contributed by atoms with Crippen molar-refractivity contribution in [1.82, 2.24) is 5.32 Å². The Labute approximate surface area is 112 Å². The van der Waals surface area contributed by atoms with E-state index < -0.39 is 6.04 Å². The topological polar surface area (TPSA) is 55.1 Å². The molecule has 18 heavy (non-hydrogen) atoms. The minimum Gasteiger partial charge on any atom is -0.354 e. The van der Waals surface area contributed by atoms with Gasteiger partial charge < -0.3 is 11.1 Å². The first-order valence-corrected chi connectivity index (χ1v) is 7.68. The van der Waals surface area contributed by atoms with Gasteiger partial charge in [-0.2, -0.15) is 0 Å². The Morgan fingerprint density at radius 2 is 2.39 bits per heavy atom. The molecule has 1 heterocycles. The van der Waals surface area contributed by atoms with E-state index in [4.69, 9.17) is 5.73 Å². The van der Waals surface area contributed by atoms with E-state index in [-0.39, 0.29) is 5.91 Å². The first kappa shape index (κ1) is 12.2. The van der Waals surface area contributed by atoms with Crippen LogP contribution in [-0.2, 0) is 4.79 Å². The molecule has 3 rings (SSSR count). The number of nitrogens with two attached hydrogens (primary N) is 1. The molecule has 1 aromatic rings. The molecule has 1 aromatic heterocycles. The van der Waals surface area contributed by atoms with Crippen LogP contribution in [0.15, 0.2) is 17.5 Å². The van der Waals surface area contributed by atoms with Crippen LogP contribution in [0.5, 0.6) is 0 Å². The number of fused-ring (bicyclic) bond motifs is 2. The van der Waals surface area contributed by atoms with Gasteiger partial charge in [0, 0.05) is 11.4 Å². The quantitative estimate of drug-likeness (QED) is 0.876. The van der Waals surface area contributed by atoms with Gasteiger partial charge in [-0.3, -0.25) is 4.79 Å². The van der Waals surface area contributed by atoms with Crippen molar-refractivity contribution in [2.75, 3.05) is 6.54 Å². The number of carbonyl (C=O) groups is 1. The van der Waals surface area contributed by atoms with Crippen LogP contribution in [0.3, 0.4) is 0 Å². The Kier molecular flexibility index (Phi) is 3.39. The van der Waals surface area contributed by atoms with Crippen LogP contribution in [0.25, 0.3) is 0 Å². The predicted octanol–water partition coefficient (Wildman–Crippen LogP) is 2.30. The fraction of sp³-hybridized carbons (Fsp3) is 0.643. The molecule has 2 aliphatic carbocycles. The third kappa shape index (κ3) is 2.31. The summed E-state index contributed by atoms with van der Waals surface area (Å²) in [7, 11) is 0. The molecule has 0 radical (unpaired) electrons. The van der Waals surface area contributed by atoms with E-state index >= 15 is 0 Å². The average Bonchev–Trinajstić information content (AvgIpc) is 3.10. The molecule has 98 valence electrons. The number of rotatable bonds is 4. The van der Waals surface area contributed by atoms with Crippen molar-refractivity contribution < 1.29 is 4.79 Å². The molecule has 0 aromatic carbocycles. The summed E-state index contributed by atoms with van der Waals surface area (Å²) >= 11 is 1.54. The molecule has 0 aliphatic heterocycles. The van der Waals surface area contributed by atoms with E-state index in [1.807, 2.05) is 17.5 Å². The van der Waals surface area contributed by atoms with Crippen molar-refractivity contribution in [1.29, 1.82) is 0 Å². The van der Waals surface area contributed by atoms with Crippen LogP contribution in [0.4, 0.5) is 0 Å².